The van der Waals surface area contributed by atoms with E-state index in [4.69, 9.17) is 11.6 Å². The van der Waals surface area contributed by atoms with Crippen LogP contribution >= 0.6 is 11.6 Å². The predicted octanol–water partition coefficient (Wildman–Crippen LogP) is 1.62. The predicted molar refractivity (Wildman–Crippen MR) is 69.3 cm³/mol. The summed E-state index contributed by atoms with van der Waals surface area (Å²) in [6.45, 7) is 5.35. The van der Waals surface area contributed by atoms with E-state index in [0.29, 0.717) is 6.42 Å². The first kappa shape index (κ1) is 12.4. The van der Waals surface area contributed by atoms with E-state index in [1.54, 1.807) is 0 Å². The van der Waals surface area contributed by atoms with Crippen molar-refractivity contribution in [2.75, 3.05) is 26.2 Å². The van der Waals surface area contributed by atoms with Crippen LogP contribution in [0.2, 0.25) is 5.02 Å². The molecule has 0 unspecified atom stereocenters. The van der Waals surface area contributed by atoms with Gasteiger partial charge in [0.05, 0.1) is 6.42 Å². The van der Waals surface area contributed by atoms with Crippen molar-refractivity contribution >= 4 is 17.5 Å². The van der Waals surface area contributed by atoms with Gasteiger partial charge in [0.2, 0.25) is 5.91 Å². The second-order valence-electron chi connectivity index (χ2n) is 4.33. The van der Waals surface area contributed by atoms with E-state index >= 15 is 0 Å². The number of rotatable bonds is 2. The zero-order valence-electron chi connectivity index (χ0n) is 10.0. The van der Waals surface area contributed by atoms with Crippen molar-refractivity contribution in [1.29, 1.82) is 0 Å². The maximum absolute atomic E-state index is 12.1. The van der Waals surface area contributed by atoms with Gasteiger partial charge in [0.1, 0.15) is 0 Å². The smallest absolute Gasteiger partial charge is 0.227 e. The quantitative estimate of drug-likeness (QED) is 0.868. The second kappa shape index (κ2) is 5.52. The largest absolute Gasteiger partial charge is 0.340 e. The highest BCUT2D eigenvalue weighted by Crippen LogP contribution is 2.19. The van der Waals surface area contributed by atoms with Crippen LogP contribution in [-0.4, -0.2) is 37.0 Å². The first-order valence-corrected chi connectivity index (χ1v) is 6.29. The molecule has 3 nitrogen and oxygen atoms in total. The number of piperazine rings is 1. The molecule has 1 aromatic rings. The number of carbonyl (C=O) groups excluding carboxylic acids is 1. The van der Waals surface area contributed by atoms with Crippen molar-refractivity contribution in [3.8, 4) is 0 Å². The molecule has 0 atom stereocenters. The zero-order chi connectivity index (χ0) is 12.3. The average molecular weight is 253 g/mol. The molecule has 1 saturated heterocycles. The Morgan fingerprint density at radius 3 is 2.82 bits per heavy atom. The van der Waals surface area contributed by atoms with Crippen LogP contribution in [0.5, 0.6) is 0 Å². The highest BCUT2D eigenvalue weighted by Gasteiger charge is 2.17. The summed E-state index contributed by atoms with van der Waals surface area (Å²) in [5, 5.41) is 3.97. The van der Waals surface area contributed by atoms with Crippen molar-refractivity contribution in [2.45, 2.75) is 13.3 Å². The number of nitrogens with one attached hydrogen (secondary N) is 1. The molecule has 92 valence electrons. The number of hydrogen-bond donors (Lipinski definition) is 1. The molecule has 1 heterocycles. The first-order valence-electron chi connectivity index (χ1n) is 5.91. The minimum absolute atomic E-state index is 0.192. The Bertz CT molecular complexity index is 414. The molecule has 0 spiro atoms. The summed E-state index contributed by atoms with van der Waals surface area (Å²) in [4.78, 5) is 14.0. The molecule has 1 aromatic carbocycles. The molecule has 1 amide bonds. The molecule has 17 heavy (non-hydrogen) atoms. The number of carbonyl (C=O) groups is 1. The first-order chi connectivity index (χ1) is 8.18. The molecule has 1 fully saturated rings. The molecule has 0 saturated carbocycles. The lowest BCUT2D eigenvalue weighted by Crippen LogP contribution is -2.47. The standard InChI is InChI=1S/C13H17ClN2O/c1-10-11(3-2-4-12(10)14)9-13(17)16-7-5-15-6-8-16/h2-4,15H,5-9H2,1H3. The molecular formula is C13H17ClN2O. The van der Waals surface area contributed by atoms with Gasteiger partial charge in [0.25, 0.3) is 0 Å². The summed E-state index contributed by atoms with van der Waals surface area (Å²) in [6, 6.07) is 5.73. The van der Waals surface area contributed by atoms with Crippen LogP contribution in [-0.2, 0) is 11.2 Å². The highest BCUT2D eigenvalue weighted by atomic mass is 35.5. The lowest BCUT2D eigenvalue weighted by Gasteiger charge is -2.27. The molecule has 0 aliphatic carbocycles. The van der Waals surface area contributed by atoms with Gasteiger partial charge in [-0.2, -0.15) is 0 Å². The molecule has 0 aromatic heterocycles. The van der Waals surface area contributed by atoms with Crippen LogP contribution in [0.15, 0.2) is 18.2 Å². The summed E-state index contributed by atoms with van der Waals surface area (Å²) in [7, 11) is 0. The molecule has 1 aliphatic heterocycles. The Morgan fingerprint density at radius 1 is 1.41 bits per heavy atom. The van der Waals surface area contributed by atoms with E-state index in [1.165, 1.54) is 0 Å². The normalized spacial score (nSPS) is 16.0. The monoisotopic (exact) mass is 252 g/mol. The summed E-state index contributed by atoms with van der Waals surface area (Å²) in [5.74, 6) is 0.192. The summed E-state index contributed by atoms with van der Waals surface area (Å²) in [5.41, 5.74) is 2.04. The van der Waals surface area contributed by atoms with Gasteiger partial charge in [-0.05, 0) is 24.1 Å². The molecule has 1 N–H and O–H groups in total. The number of nitrogens with zero attached hydrogens (tertiary/aromatic N) is 1. The highest BCUT2D eigenvalue weighted by molar-refractivity contribution is 6.31. The molecule has 0 radical (unpaired) electrons. The molecule has 2 rings (SSSR count). The minimum Gasteiger partial charge on any atom is -0.340 e. The third kappa shape index (κ3) is 2.99. The fourth-order valence-electron chi connectivity index (χ4n) is 2.03. The Hall–Kier alpha value is -1.06. The number of benzene rings is 1. The van der Waals surface area contributed by atoms with E-state index < -0.39 is 0 Å². The number of halogens is 1. The van der Waals surface area contributed by atoms with Crippen LogP contribution in [0.3, 0.4) is 0 Å². The zero-order valence-corrected chi connectivity index (χ0v) is 10.8. The lowest BCUT2D eigenvalue weighted by molar-refractivity contribution is -0.131. The molecule has 0 bridgehead atoms. The SMILES string of the molecule is Cc1c(Cl)cccc1CC(=O)N1CCNCC1. The molecule has 1 aliphatic rings. The number of amides is 1. The van der Waals surface area contributed by atoms with Crippen molar-refractivity contribution in [2.24, 2.45) is 0 Å². The third-order valence-corrected chi connectivity index (χ3v) is 3.60. The van der Waals surface area contributed by atoms with Gasteiger partial charge < -0.3 is 10.2 Å². The topological polar surface area (TPSA) is 32.3 Å². The van der Waals surface area contributed by atoms with Crippen molar-refractivity contribution in [1.82, 2.24) is 10.2 Å². The van der Waals surface area contributed by atoms with E-state index in [9.17, 15) is 4.79 Å². The summed E-state index contributed by atoms with van der Waals surface area (Å²) in [6.07, 6.45) is 0.451. The van der Waals surface area contributed by atoms with Crippen molar-refractivity contribution in [3.05, 3.63) is 34.3 Å². The van der Waals surface area contributed by atoms with Gasteiger partial charge in [-0.25, -0.2) is 0 Å². The van der Waals surface area contributed by atoms with Gasteiger partial charge in [0, 0.05) is 31.2 Å². The fourth-order valence-corrected chi connectivity index (χ4v) is 2.23. The van der Waals surface area contributed by atoms with Crippen LogP contribution in [0.4, 0.5) is 0 Å². The summed E-state index contributed by atoms with van der Waals surface area (Å²) < 4.78 is 0. The average Bonchev–Trinajstić information content (AvgIpc) is 2.36. The van der Waals surface area contributed by atoms with E-state index in [-0.39, 0.29) is 5.91 Å². The van der Waals surface area contributed by atoms with Crippen LogP contribution in [0.1, 0.15) is 11.1 Å². The third-order valence-electron chi connectivity index (χ3n) is 3.19. The minimum atomic E-state index is 0.192. The van der Waals surface area contributed by atoms with Crippen LogP contribution in [0.25, 0.3) is 0 Å². The van der Waals surface area contributed by atoms with Gasteiger partial charge in [0.15, 0.2) is 0 Å². The lowest BCUT2D eigenvalue weighted by atomic mass is 10.0. The maximum Gasteiger partial charge on any atom is 0.227 e. The Balaban J connectivity index is 2.04. The van der Waals surface area contributed by atoms with Crippen molar-refractivity contribution < 1.29 is 4.79 Å². The van der Waals surface area contributed by atoms with Crippen LogP contribution < -0.4 is 5.32 Å². The second-order valence-corrected chi connectivity index (χ2v) is 4.74. The van der Waals surface area contributed by atoms with E-state index in [0.717, 1.165) is 42.3 Å². The number of hydrogen-bond acceptors (Lipinski definition) is 2. The van der Waals surface area contributed by atoms with Gasteiger partial charge >= 0.3 is 0 Å². The van der Waals surface area contributed by atoms with Crippen molar-refractivity contribution in [3.63, 3.8) is 0 Å². The van der Waals surface area contributed by atoms with Gasteiger partial charge in [-0.3, -0.25) is 4.79 Å². The fraction of sp³-hybridized carbons (Fsp3) is 0.462. The van der Waals surface area contributed by atoms with Gasteiger partial charge in [-0.15, -0.1) is 0 Å². The maximum atomic E-state index is 12.1. The van der Waals surface area contributed by atoms with E-state index in [2.05, 4.69) is 5.32 Å². The molecular weight excluding hydrogens is 236 g/mol. The van der Waals surface area contributed by atoms with Crippen LogP contribution in [0, 0.1) is 6.92 Å². The Labute approximate surface area is 107 Å². The summed E-state index contributed by atoms with van der Waals surface area (Å²) >= 11 is 6.05. The Kier molecular flexibility index (Phi) is 4.02. The van der Waals surface area contributed by atoms with E-state index in [1.807, 2.05) is 30.0 Å². The van der Waals surface area contributed by atoms with Gasteiger partial charge in [-0.1, -0.05) is 23.7 Å². The molecule has 4 heteroatoms. The Morgan fingerprint density at radius 2 is 2.12 bits per heavy atom.